The third kappa shape index (κ3) is 10.9. The van der Waals surface area contributed by atoms with Crippen LogP contribution in [0.25, 0.3) is 0 Å². The number of carbonyl (C=O) groups excluding carboxylic acids is 4. The average molecular weight is 701 g/mol. The molecule has 0 bridgehead atoms. The fourth-order valence-electron chi connectivity index (χ4n) is 6.77. The van der Waals surface area contributed by atoms with Gasteiger partial charge in [-0.05, 0) is 86.6 Å². The SMILES string of the molecule is Cc1ccc(C#CC(=O)N2CC(CC(C)C)NC(=O)C2CC(C)C(C)CC2CN(C(=O)C#Cc3ccc(F)c(F)c3)C(CC(C)C)C(=O)N2)cc1. The first-order chi connectivity index (χ1) is 24.1. The van der Waals surface area contributed by atoms with Crippen molar-refractivity contribution < 1.29 is 28.0 Å². The minimum Gasteiger partial charge on any atom is -0.350 e. The van der Waals surface area contributed by atoms with Gasteiger partial charge in [-0.25, -0.2) is 8.78 Å². The molecule has 2 aliphatic rings. The summed E-state index contributed by atoms with van der Waals surface area (Å²) in [4.78, 5) is 56.9. The lowest BCUT2D eigenvalue weighted by Crippen LogP contribution is -2.62. The molecule has 2 aromatic carbocycles. The summed E-state index contributed by atoms with van der Waals surface area (Å²) >= 11 is 0. The highest BCUT2D eigenvalue weighted by molar-refractivity contribution is 5.99. The third-order valence-electron chi connectivity index (χ3n) is 9.68. The van der Waals surface area contributed by atoms with Gasteiger partial charge in [0.2, 0.25) is 11.8 Å². The number of rotatable bonds is 9. The molecule has 2 N–H and O–H groups in total. The zero-order valence-corrected chi connectivity index (χ0v) is 30.7. The zero-order valence-electron chi connectivity index (χ0n) is 30.7. The second-order valence-electron chi connectivity index (χ2n) is 15.0. The quantitative estimate of drug-likeness (QED) is 0.351. The van der Waals surface area contributed by atoms with Gasteiger partial charge < -0.3 is 20.4 Å². The van der Waals surface area contributed by atoms with Crippen LogP contribution < -0.4 is 10.6 Å². The van der Waals surface area contributed by atoms with Crippen LogP contribution in [-0.4, -0.2) is 70.7 Å². The second-order valence-corrected chi connectivity index (χ2v) is 15.0. The van der Waals surface area contributed by atoms with Crippen LogP contribution in [0.3, 0.4) is 0 Å². The number of benzene rings is 2. The normalized spacial score (nSPS) is 21.5. The molecule has 2 fully saturated rings. The number of hydrogen-bond donors (Lipinski definition) is 2. The second kappa shape index (κ2) is 17.5. The van der Waals surface area contributed by atoms with Crippen LogP contribution in [-0.2, 0) is 19.2 Å². The largest absolute Gasteiger partial charge is 0.350 e. The van der Waals surface area contributed by atoms with Gasteiger partial charge in [0.1, 0.15) is 12.1 Å². The maximum Gasteiger partial charge on any atom is 0.299 e. The molecular formula is C41H50F2N4O4. The predicted molar refractivity (Wildman–Crippen MR) is 193 cm³/mol. The van der Waals surface area contributed by atoms with E-state index in [4.69, 9.17) is 0 Å². The van der Waals surface area contributed by atoms with E-state index in [1.807, 2.05) is 58.9 Å². The van der Waals surface area contributed by atoms with Crippen molar-refractivity contribution in [1.82, 2.24) is 20.4 Å². The van der Waals surface area contributed by atoms with Crippen molar-refractivity contribution in [3.8, 4) is 23.7 Å². The minimum atomic E-state index is -1.06. The standard InChI is InChI=1S/C41H50F2N4O4/c1-25(2)18-32-23-47(38(48)16-13-30-10-8-27(5)9-11-30)37(41(51)44-32)21-29(7)28(6)20-33-24-46(36(19-26(3)4)40(50)45-33)39(49)17-14-31-12-15-34(42)35(43)22-31/h8-12,15,22,25-26,28-29,32-33,36-37H,18-21,23-24H2,1-7H3,(H,44,51)(H,45,50). The predicted octanol–water partition coefficient (Wildman–Crippen LogP) is 5.21. The smallest absolute Gasteiger partial charge is 0.299 e. The fraction of sp³-hybridized carbons (Fsp3) is 0.512. The molecular weight excluding hydrogens is 650 g/mol. The zero-order chi connectivity index (χ0) is 37.4. The molecule has 6 unspecified atom stereocenters. The number of piperazine rings is 2. The summed E-state index contributed by atoms with van der Waals surface area (Å²) < 4.78 is 27.1. The lowest BCUT2D eigenvalue weighted by Gasteiger charge is -2.42. The van der Waals surface area contributed by atoms with E-state index in [-0.39, 0.29) is 53.8 Å². The number of amides is 4. The highest BCUT2D eigenvalue weighted by Gasteiger charge is 2.40. The Morgan fingerprint density at radius 2 is 1.16 bits per heavy atom. The first-order valence-electron chi connectivity index (χ1n) is 17.9. The maximum atomic E-state index is 13.7. The number of halogens is 2. The van der Waals surface area contributed by atoms with Gasteiger partial charge in [0.05, 0.1) is 0 Å². The minimum absolute atomic E-state index is 0.000965. The fourth-order valence-corrected chi connectivity index (χ4v) is 6.77. The summed E-state index contributed by atoms with van der Waals surface area (Å²) in [7, 11) is 0. The van der Waals surface area contributed by atoms with Gasteiger partial charge in [-0.1, -0.05) is 71.1 Å². The number of nitrogens with one attached hydrogen (secondary N) is 2. The van der Waals surface area contributed by atoms with Crippen LogP contribution in [0.15, 0.2) is 42.5 Å². The Balaban J connectivity index is 1.48. The molecule has 8 nitrogen and oxygen atoms in total. The van der Waals surface area contributed by atoms with Gasteiger partial charge in [0.15, 0.2) is 11.6 Å². The van der Waals surface area contributed by atoms with Crippen molar-refractivity contribution in [2.24, 2.45) is 23.7 Å². The average Bonchev–Trinajstić information content (AvgIpc) is 3.06. The van der Waals surface area contributed by atoms with Crippen LogP contribution in [0, 0.1) is 65.9 Å². The van der Waals surface area contributed by atoms with Crippen LogP contribution in [0.1, 0.15) is 83.9 Å². The lowest BCUT2D eigenvalue weighted by molar-refractivity contribution is -0.142. The number of hydrogen-bond acceptors (Lipinski definition) is 4. The first-order valence-corrected chi connectivity index (χ1v) is 17.9. The Bertz CT molecular complexity index is 1720. The van der Waals surface area contributed by atoms with Crippen molar-refractivity contribution in [3.63, 3.8) is 0 Å². The van der Waals surface area contributed by atoms with E-state index < -0.39 is 35.5 Å². The number of nitrogens with zero attached hydrogens (tertiary/aromatic N) is 2. The summed E-state index contributed by atoms with van der Waals surface area (Å²) in [6.07, 6.45) is 2.10. The van der Waals surface area contributed by atoms with Crippen molar-refractivity contribution in [2.75, 3.05) is 13.1 Å². The molecule has 2 aliphatic heterocycles. The molecule has 0 saturated carbocycles. The summed E-state index contributed by atoms with van der Waals surface area (Å²) in [6.45, 7) is 14.7. The van der Waals surface area contributed by atoms with Crippen molar-refractivity contribution in [3.05, 3.63) is 70.8 Å². The van der Waals surface area contributed by atoms with Gasteiger partial charge in [0.25, 0.3) is 11.8 Å². The molecule has 51 heavy (non-hydrogen) atoms. The third-order valence-corrected chi connectivity index (χ3v) is 9.68. The highest BCUT2D eigenvalue weighted by atomic mass is 19.2. The summed E-state index contributed by atoms with van der Waals surface area (Å²) in [5.41, 5.74) is 1.97. The molecule has 0 aromatic heterocycles. The Kier molecular flexibility index (Phi) is 13.4. The number of carbonyl (C=O) groups is 4. The molecule has 4 amide bonds. The van der Waals surface area contributed by atoms with Crippen molar-refractivity contribution in [2.45, 2.75) is 98.3 Å². The Hall–Kier alpha value is -4.70. The van der Waals surface area contributed by atoms with Gasteiger partial charge in [0, 0.05) is 48.1 Å². The Labute approximate surface area is 301 Å². The molecule has 2 saturated heterocycles. The Morgan fingerprint density at radius 3 is 1.69 bits per heavy atom. The van der Waals surface area contributed by atoms with Gasteiger partial charge in [-0.15, -0.1) is 0 Å². The molecule has 2 heterocycles. The summed E-state index contributed by atoms with van der Waals surface area (Å²) in [5, 5.41) is 6.22. The van der Waals surface area contributed by atoms with E-state index in [1.165, 1.54) is 11.0 Å². The van der Waals surface area contributed by atoms with E-state index in [0.717, 1.165) is 29.7 Å². The first kappa shape index (κ1) is 39.1. The molecule has 0 aliphatic carbocycles. The lowest BCUT2D eigenvalue weighted by atomic mass is 9.83. The topological polar surface area (TPSA) is 98.8 Å². The van der Waals surface area contributed by atoms with Gasteiger partial charge in [-0.3, -0.25) is 19.2 Å². The monoisotopic (exact) mass is 700 g/mol. The molecule has 0 spiro atoms. The van der Waals surface area contributed by atoms with Crippen LogP contribution in [0.4, 0.5) is 8.78 Å². The molecule has 6 atom stereocenters. The van der Waals surface area contributed by atoms with Crippen molar-refractivity contribution in [1.29, 1.82) is 0 Å². The van der Waals surface area contributed by atoms with E-state index >= 15 is 0 Å². The molecule has 2 aromatic rings. The van der Waals surface area contributed by atoms with Crippen LogP contribution in [0.5, 0.6) is 0 Å². The van der Waals surface area contributed by atoms with E-state index in [2.05, 4.69) is 48.2 Å². The van der Waals surface area contributed by atoms with E-state index in [0.29, 0.717) is 31.7 Å². The van der Waals surface area contributed by atoms with E-state index in [1.54, 1.807) is 4.90 Å². The molecule has 10 heteroatoms. The van der Waals surface area contributed by atoms with Crippen LogP contribution in [0.2, 0.25) is 0 Å². The van der Waals surface area contributed by atoms with E-state index in [9.17, 15) is 28.0 Å². The molecule has 272 valence electrons. The highest BCUT2D eigenvalue weighted by Crippen LogP contribution is 2.28. The molecule has 0 radical (unpaired) electrons. The Morgan fingerprint density at radius 1 is 0.686 bits per heavy atom. The summed E-state index contributed by atoms with van der Waals surface area (Å²) in [5.74, 6) is 7.79. The van der Waals surface area contributed by atoms with Crippen LogP contribution >= 0.6 is 0 Å². The summed E-state index contributed by atoms with van der Waals surface area (Å²) in [6, 6.07) is 8.81. The van der Waals surface area contributed by atoms with Gasteiger partial charge >= 0.3 is 0 Å². The molecule has 4 rings (SSSR count). The van der Waals surface area contributed by atoms with Crippen molar-refractivity contribution >= 4 is 23.6 Å². The van der Waals surface area contributed by atoms with Gasteiger partial charge in [-0.2, -0.15) is 0 Å². The maximum absolute atomic E-state index is 13.7. The number of aryl methyl sites for hydroxylation is 1.